The van der Waals surface area contributed by atoms with E-state index in [9.17, 15) is 18.8 Å². The Balaban J connectivity index is 2.82. The van der Waals surface area contributed by atoms with Gasteiger partial charge in [-0.05, 0) is 13.3 Å². The van der Waals surface area contributed by atoms with Gasteiger partial charge in [-0.2, -0.15) is 0 Å². The van der Waals surface area contributed by atoms with Crippen molar-refractivity contribution in [2.75, 3.05) is 0 Å². The number of nitrogens with one attached hydrogen (secondary N) is 1. The fraction of sp³-hybridized carbons (Fsp3) is 0.571. The summed E-state index contributed by atoms with van der Waals surface area (Å²) >= 11 is 0. The van der Waals surface area contributed by atoms with Gasteiger partial charge in [0.2, 0.25) is 0 Å². The minimum atomic E-state index is -1.51. The molecule has 0 aliphatic heterocycles. The van der Waals surface area contributed by atoms with Crippen molar-refractivity contribution in [3.8, 4) is 0 Å². The predicted molar refractivity (Wildman–Crippen MR) is 80.9 cm³/mol. The maximum atomic E-state index is 13.4. The molecule has 7 nitrogen and oxygen atoms in total. The quantitative estimate of drug-likeness (QED) is 0.834. The lowest BCUT2D eigenvalue weighted by molar-refractivity contribution is 0.356. The largest absolute Gasteiger partial charge is 0.331 e. The number of unbranched alkanes of at least 4 members (excludes halogenated alkanes) is 2. The van der Waals surface area contributed by atoms with Crippen LogP contribution < -0.4 is 16.8 Å². The molecule has 0 aromatic carbocycles. The summed E-state index contributed by atoms with van der Waals surface area (Å²) in [4.78, 5) is 42.8. The molecule has 1 unspecified atom stereocenters. The Labute approximate surface area is 125 Å². The van der Waals surface area contributed by atoms with Crippen molar-refractivity contribution in [2.24, 2.45) is 7.05 Å². The van der Waals surface area contributed by atoms with E-state index in [4.69, 9.17) is 0 Å². The van der Waals surface area contributed by atoms with Crippen molar-refractivity contribution in [2.45, 2.75) is 45.8 Å². The van der Waals surface area contributed by atoms with Gasteiger partial charge in [0.15, 0.2) is 11.7 Å². The second-order valence-corrected chi connectivity index (χ2v) is 5.27. The molecule has 2 rings (SSSR count). The van der Waals surface area contributed by atoms with E-state index in [1.54, 1.807) is 0 Å². The van der Waals surface area contributed by atoms with Gasteiger partial charge in [-0.1, -0.05) is 19.8 Å². The van der Waals surface area contributed by atoms with E-state index >= 15 is 0 Å². The first kappa shape index (κ1) is 16.1. The fourth-order valence-corrected chi connectivity index (χ4v) is 2.32. The number of rotatable bonds is 5. The van der Waals surface area contributed by atoms with Gasteiger partial charge >= 0.3 is 5.69 Å². The van der Waals surface area contributed by atoms with Gasteiger partial charge in [0, 0.05) is 13.6 Å². The molecule has 0 aliphatic carbocycles. The van der Waals surface area contributed by atoms with Crippen molar-refractivity contribution >= 4 is 11.0 Å². The summed E-state index contributed by atoms with van der Waals surface area (Å²) < 4.78 is 15.5. The molecule has 2 aromatic rings. The third-order valence-corrected chi connectivity index (χ3v) is 3.57. The second kappa shape index (κ2) is 6.25. The van der Waals surface area contributed by atoms with Crippen LogP contribution in [0.2, 0.25) is 0 Å². The van der Waals surface area contributed by atoms with Crippen molar-refractivity contribution in [3.05, 3.63) is 37.0 Å². The molecule has 2 heterocycles. The lowest BCUT2D eigenvalue weighted by atomic mass is 10.2. The Kier molecular flexibility index (Phi) is 4.58. The Morgan fingerprint density at radius 1 is 1.27 bits per heavy atom. The number of nitrogens with zero attached hydrogens (tertiary/aromatic N) is 3. The molecule has 1 atom stereocenters. The van der Waals surface area contributed by atoms with Crippen LogP contribution >= 0.6 is 0 Å². The Hall–Kier alpha value is -2.25. The van der Waals surface area contributed by atoms with E-state index in [1.165, 1.54) is 18.5 Å². The van der Waals surface area contributed by atoms with Crippen LogP contribution in [-0.4, -0.2) is 19.1 Å². The number of hydrogen-bond donors (Lipinski definition) is 1. The van der Waals surface area contributed by atoms with Crippen LogP contribution in [0.3, 0.4) is 0 Å². The van der Waals surface area contributed by atoms with Gasteiger partial charge in [0.05, 0.1) is 0 Å². The summed E-state index contributed by atoms with van der Waals surface area (Å²) in [5.74, 6) is -0.214. The van der Waals surface area contributed by atoms with Crippen LogP contribution in [0.1, 0.15) is 45.1 Å². The summed E-state index contributed by atoms with van der Waals surface area (Å²) in [6, 6.07) is 0. The highest BCUT2D eigenvalue weighted by Crippen LogP contribution is 2.11. The van der Waals surface area contributed by atoms with Crippen LogP contribution in [0, 0.1) is 0 Å². The molecule has 0 amide bonds. The molecule has 22 heavy (non-hydrogen) atoms. The molecule has 0 fully saturated rings. The third kappa shape index (κ3) is 2.72. The maximum absolute atomic E-state index is 13.4. The lowest BCUT2D eigenvalue weighted by Gasteiger charge is -2.11. The smallest absolute Gasteiger partial charge is 0.306 e. The first-order valence-electron chi connectivity index (χ1n) is 7.26. The molecule has 0 radical (unpaired) electrons. The normalized spacial score (nSPS) is 12.7. The minimum Gasteiger partial charge on any atom is -0.306 e. The van der Waals surface area contributed by atoms with Gasteiger partial charge in [0.25, 0.3) is 11.1 Å². The molecule has 120 valence electrons. The molecule has 1 N–H and O–H groups in total. The first-order chi connectivity index (χ1) is 10.4. The van der Waals surface area contributed by atoms with E-state index in [1.807, 2.05) is 6.92 Å². The van der Waals surface area contributed by atoms with Crippen LogP contribution in [0.25, 0.3) is 11.0 Å². The lowest BCUT2D eigenvalue weighted by Crippen LogP contribution is -2.41. The van der Waals surface area contributed by atoms with Crippen LogP contribution in [0.5, 0.6) is 0 Å². The number of fused-ring (bicyclic) bond motifs is 1. The van der Waals surface area contributed by atoms with Gasteiger partial charge in [0.1, 0.15) is 11.3 Å². The zero-order valence-corrected chi connectivity index (χ0v) is 12.9. The highest BCUT2D eigenvalue weighted by molar-refractivity contribution is 5.72. The highest BCUT2D eigenvalue weighted by atomic mass is 19.1. The number of H-pyrrole nitrogens is 1. The summed E-state index contributed by atoms with van der Waals surface area (Å²) in [5.41, 5.74) is -2.20. The number of halogens is 1. The molecule has 0 saturated heterocycles. The average Bonchev–Trinajstić information content (AvgIpc) is 2.48. The Morgan fingerprint density at radius 2 is 1.95 bits per heavy atom. The molecule has 0 spiro atoms. The maximum Gasteiger partial charge on any atom is 0.331 e. The molecule has 0 aliphatic rings. The van der Waals surface area contributed by atoms with Crippen LogP contribution in [0.15, 0.2) is 14.4 Å². The zero-order chi connectivity index (χ0) is 16.4. The van der Waals surface area contributed by atoms with E-state index in [2.05, 4.69) is 9.97 Å². The van der Waals surface area contributed by atoms with Crippen LogP contribution in [0.4, 0.5) is 4.39 Å². The molecule has 0 saturated carbocycles. The number of aromatic nitrogens is 4. The SMILES string of the molecule is CCCCCn1c(=O)n(C)c(=O)c2nc(C(C)F)[nH]c(=O)c21. The summed E-state index contributed by atoms with van der Waals surface area (Å²) in [7, 11) is 1.32. The number of alkyl halides is 1. The summed E-state index contributed by atoms with van der Waals surface area (Å²) in [5, 5.41) is 0. The third-order valence-electron chi connectivity index (χ3n) is 3.57. The molecule has 0 bridgehead atoms. The molecular weight excluding hydrogens is 291 g/mol. The number of aromatic amines is 1. The number of aryl methyl sites for hydroxylation is 1. The van der Waals surface area contributed by atoms with Crippen molar-refractivity contribution in [1.82, 2.24) is 19.1 Å². The van der Waals surface area contributed by atoms with Crippen LogP contribution in [-0.2, 0) is 13.6 Å². The first-order valence-corrected chi connectivity index (χ1v) is 7.26. The van der Waals surface area contributed by atoms with Gasteiger partial charge in [-0.25, -0.2) is 14.2 Å². The predicted octanol–water partition coefficient (Wildman–Crippen LogP) is 1.00. The van der Waals surface area contributed by atoms with E-state index < -0.39 is 23.0 Å². The number of hydrogen-bond acceptors (Lipinski definition) is 4. The zero-order valence-electron chi connectivity index (χ0n) is 12.9. The van der Waals surface area contributed by atoms with Gasteiger partial charge in [-0.15, -0.1) is 0 Å². The molecular formula is C14H19FN4O3. The average molecular weight is 310 g/mol. The summed E-state index contributed by atoms with van der Waals surface area (Å²) in [6.45, 7) is 3.54. The molecule has 8 heteroatoms. The topological polar surface area (TPSA) is 89.8 Å². The van der Waals surface area contributed by atoms with Gasteiger partial charge < -0.3 is 4.98 Å². The highest BCUT2D eigenvalue weighted by Gasteiger charge is 2.18. The standard InChI is InChI=1S/C14H19FN4O3/c1-4-5-6-7-19-10-9(13(21)18(3)14(19)22)16-11(8(2)15)17-12(10)20/h8H,4-7H2,1-3H3,(H,16,17,20). The van der Waals surface area contributed by atoms with Crippen molar-refractivity contribution in [1.29, 1.82) is 0 Å². The summed E-state index contributed by atoms with van der Waals surface area (Å²) in [6.07, 6.45) is 1.03. The Bertz CT molecular complexity index is 863. The molecule has 2 aromatic heterocycles. The minimum absolute atomic E-state index is 0.0893. The van der Waals surface area contributed by atoms with Crippen molar-refractivity contribution < 1.29 is 4.39 Å². The fourth-order valence-electron chi connectivity index (χ4n) is 2.32. The Morgan fingerprint density at radius 3 is 2.55 bits per heavy atom. The van der Waals surface area contributed by atoms with E-state index in [0.29, 0.717) is 13.0 Å². The van der Waals surface area contributed by atoms with E-state index in [-0.39, 0.29) is 16.9 Å². The van der Waals surface area contributed by atoms with Crippen molar-refractivity contribution in [3.63, 3.8) is 0 Å². The van der Waals surface area contributed by atoms with Gasteiger partial charge in [-0.3, -0.25) is 18.7 Å². The monoisotopic (exact) mass is 310 g/mol. The van der Waals surface area contributed by atoms with E-state index in [0.717, 1.165) is 17.4 Å². The second-order valence-electron chi connectivity index (χ2n) is 5.27.